The lowest BCUT2D eigenvalue weighted by Gasteiger charge is -2.35. The van der Waals surface area contributed by atoms with Crippen molar-refractivity contribution in [3.05, 3.63) is 56.8 Å². The van der Waals surface area contributed by atoms with E-state index in [0.717, 1.165) is 32.1 Å². The fourth-order valence-corrected chi connectivity index (χ4v) is 7.95. The Kier molecular flexibility index (Phi) is 9.51. The molecule has 8 heteroatoms. The van der Waals surface area contributed by atoms with Crippen LogP contribution in [0.25, 0.3) is 20.9 Å². The lowest BCUT2D eigenvalue weighted by atomic mass is 10.1. The van der Waals surface area contributed by atoms with Crippen LogP contribution in [0.3, 0.4) is 0 Å². The molecule has 26 heavy (non-hydrogen) atoms. The van der Waals surface area contributed by atoms with Gasteiger partial charge in [0.2, 0.25) is 0 Å². The number of azide groups is 2. The topological polar surface area (TPSA) is 97.5 Å². The molecule has 0 heterocycles. The van der Waals surface area contributed by atoms with Crippen LogP contribution in [0.2, 0.25) is 5.16 Å². The zero-order chi connectivity index (χ0) is 19.5. The highest BCUT2D eigenvalue weighted by Gasteiger charge is 2.35. The number of rotatable bonds is 12. The molecular formula is C18H28N6Si2. The minimum atomic E-state index is -0.342. The van der Waals surface area contributed by atoms with E-state index >= 15 is 0 Å². The minimum absolute atomic E-state index is 0.341. The molecule has 0 bridgehead atoms. The molecule has 0 unspecified atom stereocenters. The van der Waals surface area contributed by atoms with Crippen molar-refractivity contribution in [1.29, 1.82) is 0 Å². The first-order chi connectivity index (χ1) is 12.5. The summed E-state index contributed by atoms with van der Waals surface area (Å²) < 4.78 is 0. The van der Waals surface area contributed by atoms with Gasteiger partial charge in [-0.15, -0.1) is 0 Å². The maximum absolute atomic E-state index is 9.07. The third-order valence-electron chi connectivity index (χ3n) is 4.98. The predicted octanol–water partition coefficient (Wildman–Crippen LogP) is 6.04. The maximum Gasteiger partial charge on any atom is 0.0536 e. The normalized spacial score (nSPS) is 12.8. The second kappa shape index (κ2) is 11.1. The van der Waals surface area contributed by atoms with Crippen molar-refractivity contribution in [2.45, 2.75) is 75.3 Å². The predicted molar refractivity (Wildman–Crippen MR) is 110 cm³/mol. The van der Waals surface area contributed by atoms with Crippen molar-refractivity contribution in [3.8, 4) is 0 Å². The van der Waals surface area contributed by atoms with Crippen LogP contribution in [0.15, 0.2) is 40.6 Å². The Labute approximate surface area is 161 Å². The van der Waals surface area contributed by atoms with E-state index in [1.807, 2.05) is 6.07 Å². The zero-order valence-corrected chi connectivity index (χ0v) is 18.2. The molecule has 4 radical (unpaired) electrons. The summed E-state index contributed by atoms with van der Waals surface area (Å²) in [6.07, 6.45) is 4.23. The van der Waals surface area contributed by atoms with Gasteiger partial charge in [0.15, 0.2) is 0 Å². The van der Waals surface area contributed by atoms with Gasteiger partial charge in [0.1, 0.15) is 0 Å². The minimum Gasteiger partial charge on any atom is -0.0907 e. The van der Waals surface area contributed by atoms with Crippen LogP contribution < -0.4 is 0 Å². The van der Waals surface area contributed by atoms with E-state index in [9.17, 15) is 0 Å². The first kappa shape index (κ1) is 22.3. The second-order valence-electron chi connectivity index (χ2n) is 6.39. The molecule has 0 fully saturated rings. The van der Waals surface area contributed by atoms with E-state index in [0.29, 0.717) is 24.2 Å². The van der Waals surface area contributed by atoms with Crippen molar-refractivity contribution < 1.29 is 0 Å². The highest BCUT2D eigenvalue weighted by molar-refractivity contribution is 6.62. The van der Waals surface area contributed by atoms with Crippen molar-refractivity contribution >= 4 is 19.0 Å². The third-order valence-corrected chi connectivity index (χ3v) is 9.64. The second-order valence-corrected chi connectivity index (χ2v) is 10.8. The molecule has 0 atom stereocenters. The summed E-state index contributed by atoms with van der Waals surface area (Å²) >= 11 is 0. The Morgan fingerprint density at radius 1 is 0.846 bits per heavy atom. The first-order valence-electron chi connectivity index (χ1n) is 9.24. The Morgan fingerprint density at radius 3 is 1.62 bits per heavy atom. The molecule has 0 saturated carbocycles. The van der Waals surface area contributed by atoms with Crippen molar-refractivity contribution in [2.75, 3.05) is 0 Å². The van der Waals surface area contributed by atoms with Crippen LogP contribution in [-0.4, -0.2) is 29.4 Å². The van der Waals surface area contributed by atoms with E-state index in [1.54, 1.807) is 0 Å². The maximum atomic E-state index is 9.07. The summed E-state index contributed by atoms with van der Waals surface area (Å²) in [6.45, 7) is 8.37. The molecule has 1 rings (SSSR count). The average Bonchev–Trinajstić information content (AvgIpc) is 2.67. The molecule has 0 aliphatic carbocycles. The highest BCUT2D eigenvalue weighted by Crippen LogP contribution is 2.31. The molecule has 138 valence electrons. The van der Waals surface area contributed by atoms with E-state index in [-0.39, 0.29) is 10.3 Å². The molecule has 1 aromatic rings. The van der Waals surface area contributed by atoms with Crippen molar-refractivity contribution in [1.82, 2.24) is 0 Å². The average molecular weight is 385 g/mol. The van der Waals surface area contributed by atoms with Crippen molar-refractivity contribution in [3.63, 3.8) is 0 Å². The SMILES string of the molecule is CCC(CC)(N=[N+]=[N-])[Si]C(Cc1ccccc1)[Si]C(CC)(CC)N=[N+]=[N-]. The first-order valence-corrected chi connectivity index (χ1v) is 11.4. The third kappa shape index (κ3) is 6.21. The summed E-state index contributed by atoms with van der Waals surface area (Å²) in [4.78, 5) is 6.27. The van der Waals surface area contributed by atoms with Crippen molar-refractivity contribution in [2.24, 2.45) is 10.2 Å². The quantitative estimate of drug-likeness (QED) is 0.182. The summed E-state index contributed by atoms with van der Waals surface area (Å²) in [5.74, 6) is 0. The molecule has 0 amide bonds. The Bertz CT molecular complexity index is 594. The zero-order valence-electron chi connectivity index (χ0n) is 16.2. The van der Waals surface area contributed by atoms with E-state index in [1.165, 1.54) is 5.56 Å². The summed E-state index contributed by atoms with van der Waals surface area (Å²) in [5, 5.41) is 8.05. The monoisotopic (exact) mass is 384 g/mol. The molecule has 0 aliphatic heterocycles. The van der Waals surface area contributed by atoms with Crippen LogP contribution in [0.4, 0.5) is 0 Å². The molecule has 0 aliphatic rings. The number of benzene rings is 1. The van der Waals surface area contributed by atoms with E-state index < -0.39 is 0 Å². The van der Waals surface area contributed by atoms with Crippen LogP contribution in [0.1, 0.15) is 58.9 Å². The lowest BCUT2D eigenvalue weighted by molar-refractivity contribution is 0.530. The molecule has 1 aromatic carbocycles. The Morgan fingerprint density at radius 2 is 1.27 bits per heavy atom. The number of hydrogen-bond donors (Lipinski definition) is 0. The van der Waals surface area contributed by atoms with Crippen LogP contribution in [0.5, 0.6) is 0 Å². The van der Waals surface area contributed by atoms with Gasteiger partial charge in [-0.2, -0.15) is 0 Å². The van der Waals surface area contributed by atoms with Gasteiger partial charge in [-0.3, -0.25) is 0 Å². The molecular weight excluding hydrogens is 356 g/mol. The molecule has 0 spiro atoms. The Balaban J connectivity index is 3.19. The van der Waals surface area contributed by atoms with Gasteiger partial charge in [0.25, 0.3) is 0 Å². The largest absolute Gasteiger partial charge is 0.0907 e. The van der Waals surface area contributed by atoms with Gasteiger partial charge in [-0.25, -0.2) is 0 Å². The Hall–Kier alpha value is -1.73. The van der Waals surface area contributed by atoms with E-state index in [2.05, 4.69) is 72.0 Å². The van der Waals surface area contributed by atoms with Gasteiger partial charge in [-0.05, 0) is 48.7 Å². The molecule has 6 nitrogen and oxygen atoms in total. The molecule has 0 aromatic heterocycles. The highest BCUT2D eigenvalue weighted by atomic mass is 28.3. The number of nitrogens with zero attached hydrogens (tertiary/aromatic N) is 6. The van der Waals surface area contributed by atoms with Gasteiger partial charge < -0.3 is 0 Å². The summed E-state index contributed by atoms with van der Waals surface area (Å²) in [5.41, 5.74) is 19.4. The number of hydrogen-bond acceptors (Lipinski definition) is 2. The van der Waals surface area contributed by atoms with Crippen LogP contribution in [0, 0.1) is 0 Å². The fraction of sp³-hybridized carbons (Fsp3) is 0.667. The fourth-order valence-electron chi connectivity index (χ4n) is 3.06. The van der Waals surface area contributed by atoms with E-state index in [4.69, 9.17) is 11.1 Å². The van der Waals surface area contributed by atoms with Gasteiger partial charge in [0, 0.05) is 20.1 Å². The molecule has 0 N–H and O–H groups in total. The standard InChI is InChI=1S/C18H28N6Si2/c1-5-17(6-2,21-23-19)25-16(14-15-12-10-9-11-13-15)26-18(7-3,8-4)22-24-20/h9-13,16H,5-8,14H2,1-4H3. The van der Waals surface area contributed by atoms with Crippen LogP contribution >= 0.6 is 0 Å². The van der Waals surface area contributed by atoms with Gasteiger partial charge >= 0.3 is 0 Å². The van der Waals surface area contributed by atoms with Crippen LogP contribution in [-0.2, 0) is 6.42 Å². The molecule has 0 saturated heterocycles. The summed E-state index contributed by atoms with van der Waals surface area (Å²) in [7, 11) is 1.02. The smallest absolute Gasteiger partial charge is 0.0536 e. The lowest BCUT2D eigenvalue weighted by Crippen LogP contribution is -2.43. The summed E-state index contributed by atoms with van der Waals surface area (Å²) in [6, 6.07) is 10.4. The van der Waals surface area contributed by atoms with Gasteiger partial charge in [0.05, 0.1) is 19.0 Å². The van der Waals surface area contributed by atoms with Gasteiger partial charge in [-0.1, -0.05) is 73.4 Å².